The summed E-state index contributed by atoms with van der Waals surface area (Å²) in [6.45, 7) is 16.5. The summed E-state index contributed by atoms with van der Waals surface area (Å²) < 4.78 is 5.43. The van der Waals surface area contributed by atoms with Crippen LogP contribution >= 0.6 is 11.6 Å². The van der Waals surface area contributed by atoms with Crippen LogP contribution < -0.4 is 11.1 Å². The third-order valence-corrected chi connectivity index (χ3v) is 8.27. The van der Waals surface area contributed by atoms with Crippen molar-refractivity contribution in [2.45, 2.75) is 90.4 Å². The van der Waals surface area contributed by atoms with Crippen molar-refractivity contribution in [3.8, 4) is 0 Å². The number of ether oxygens (including phenoxy) is 1. The van der Waals surface area contributed by atoms with Crippen LogP contribution in [0.5, 0.6) is 0 Å². The minimum Gasteiger partial charge on any atom is -0.447 e. The van der Waals surface area contributed by atoms with E-state index in [2.05, 4.69) is 41.3 Å². The molecule has 10 heteroatoms. The van der Waals surface area contributed by atoms with Crippen LogP contribution in [0.4, 0.5) is 4.79 Å². The third kappa shape index (κ3) is 11.7. The zero-order chi connectivity index (χ0) is 34.4. The first-order valence-electron chi connectivity index (χ1n) is 16.1. The molecule has 0 aromatic heterocycles. The number of fused-ring (bicyclic) bond motifs is 1. The molecule has 254 valence electrons. The normalized spacial score (nSPS) is 18.5. The molecule has 2 aliphatic rings. The van der Waals surface area contributed by atoms with Crippen LogP contribution in [0.15, 0.2) is 66.0 Å². The Balaban J connectivity index is 0.00000236. The van der Waals surface area contributed by atoms with Gasteiger partial charge in [-0.05, 0) is 98.9 Å². The Morgan fingerprint density at radius 2 is 1.93 bits per heavy atom. The van der Waals surface area contributed by atoms with E-state index in [1.165, 1.54) is 6.20 Å². The first-order chi connectivity index (χ1) is 21.8. The molecule has 0 saturated carbocycles. The number of hydrogen-bond acceptors (Lipinski definition) is 6. The Hall–Kier alpha value is -3.56. The van der Waals surface area contributed by atoms with Crippen molar-refractivity contribution in [3.05, 3.63) is 77.1 Å². The zero-order valence-corrected chi connectivity index (χ0v) is 29.2. The summed E-state index contributed by atoms with van der Waals surface area (Å²) in [5.41, 5.74) is 9.34. The molecule has 46 heavy (non-hydrogen) atoms. The van der Waals surface area contributed by atoms with Crippen LogP contribution in [-0.4, -0.2) is 78.7 Å². The van der Waals surface area contributed by atoms with Gasteiger partial charge in [-0.25, -0.2) is 9.79 Å². The van der Waals surface area contributed by atoms with E-state index in [9.17, 15) is 14.7 Å². The standard InChI is InChI=1S/C34H49ClN4O4.C2H5N/c1-8-9-10-31(40)33(41)37-32(24(5)20-36-21-38(6)7)30-18-23(4)17-28(27-12-11-26(35)19-29(27)30)25-13-15-39(16-14-25)34(42)43-22(2)3;1-2-3/h11-12,18-22,25,28,31-32,40H,4,8-10,13-17H2,1-3,5-7H3,(H,37,41);2H,1,3H2/b24-20+,36-21?;. The molecule has 4 N–H and O–H groups in total. The van der Waals surface area contributed by atoms with Crippen molar-refractivity contribution in [2.24, 2.45) is 16.6 Å². The van der Waals surface area contributed by atoms with Crippen LogP contribution in [0.1, 0.15) is 83.3 Å². The molecular formula is C36H54ClN5O4. The summed E-state index contributed by atoms with van der Waals surface area (Å²) in [7, 11) is 3.79. The molecule has 1 saturated heterocycles. The molecule has 0 spiro atoms. The molecule has 0 radical (unpaired) electrons. The number of aliphatic hydroxyl groups excluding tert-OH is 1. The Bertz CT molecular complexity index is 1280. The average molecular weight is 656 g/mol. The number of halogens is 1. The number of nitrogens with zero attached hydrogens (tertiary/aromatic N) is 3. The number of aliphatic imine (C=N–C) groups is 1. The minimum absolute atomic E-state index is 0.149. The molecule has 1 aliphatic heterocycles. The van der Waals surface area contributed by atoms with Gasteiger partial charge in [-0.2, -0.15) is 0 Å². The zero-order valence-electron chi connectivity index (χ0n) is 28.5. The summed E-state index contributed by atoms with van der Waals surface area (Å²) in [5, 5.41) is 14.3. The highest BCUT2D eigenvalue weighted by atomic mass is 35.5. The number of rotatable bonds is 11. The maximum Gasteiger partial charge on any atom is 0.410 e. The largest absolute Gasteiger partial charge is 0.447 e. The first kappa shape index (κ1) is 38.6. The Morgan fingerprint density at radius 3 is 2.52 bits per heavy atom. The van der Waals surface area contributed by atoms with Crippen molar-refractivity contribution in [1.29, 1.82) is 0 Å². The number of allylic oxidation sites excluding steroid dienone is 2. The maximum absolute atomic E-state index is 13.2. The summed E-state index contributed by atoms with van der Waals surface area (Å²) in [6, 6.07) is 5.42. The predicted molar refractivity (Wildman–Crippen MR) is 190 cm³/mol. The van der Waals surface area contributed by atoms with Crippen molar-refractivity contribution < 1.29 is 19.4 Å². The topological polar surface area (TPSA) is 120 Å². The molecule has 3 unspecified atom stereocenters. The molecule has 3 rings (SSSR count). The van der Waals surface area contributed by atoms with E-state index in [1.807, 2.05) is 58.8 Å². The second-order valence-corrected chi connectivity index (χ2v) is 12.9. The second-order valence-electron chi connectivity index (χ2n) is 12.5. The van der Waals surface area contributed by atoms with E-state index in [-0.39, 0.29) is 18.1 Å². The lowest BCUT2D eigenvalue weighted by molar-refractivity contribution is -0.129. The number of likely N-dealkylation sites (tertiary alicyclic amines) is 1. The van der Waals surface area contributed by atoms with Crippen LogP contribution in [0.25, 0.3) is 5.57 Å². The van der Waals surface area contributed by atoms with E-state index in [0.717, 1.165) is 60.0 Å². The van der Waals surface area contributed by atoms with Gasteiger partial charge in [0.25, 0.3) is 0 Å². The van der Waals surface area contributed by atoms with Crippen molar-refractivity contribution in [1.82, 2.24) is 15.1 Å². The number of carbonyl (C=O) groups is 2. The van der Waals surface area contributed by atoms with Crippen LogP contribution in [0.2, 0.25) is 5.02 Å². The Labute approximate surface area is 280 Å². The van der Waals surface area contributed by atoms with E-state index >= 15 is 0 Å². The van der Waals surface area contributed by atoms with Gasteiger partial charge in [0.15, 0.2) is 0 Å². The highest BCUT2D eigenvalue weighted by Crippen LogP contribution is 2.45. The van der Waals surface area contributed by atoms with Gasteiger partial charge < -0.3 is 30.7 Å². The third-order valence-electron chi connectivity index (χ3n) is 8.03. The fourth-order valence-corrected chi connectivity index (χ4v) is 6.01. The minimum atomic E-state index is -1.10. The number of piperidine rings is 1. The van der Waals surface area contributed by atoms with Gasteiger partial charge in [-0.3, -0.25) is 4.79 Å². The molecule has 1 aliphatic carbocycles. The number of nitrogens with two attached hydrogens (primary N) is 1. The Kier molecular flexibility index (Phi) is 16.1. The monoisotopic (exact) mass is 655 g/mol. The fourth-order valence-electron chi connectivity index (χ4n) is 5.83. The van der Waals surface area contributed by atoms with Gasteiger partial charge in [-0.15, -0.1) is 0 Å². The number of nitrogens with one attached hydrogen (secondary N) is 1. The fraction of sp³-hybridized carbons (Fsp3) is 0.528. The molecule has 3 atom stereocenters. The molecule has 1 aromatic carbocycles. The summed E-state index contributed by atoms with van der Waals surface area (Å²) in [6.07, 6.45) is 9.74. The number of unbranched alkanes of at least 4 members (excludes halogenated alkanes) is 1. The second kappa shape index (κ2) is 19.2. The molecule has 0 bridgehead atoms. The number of aliphatic hydroxyl groups is 1. The first-order valence-corrected chi connectivity index (χ1v) is 16.5. The van der Waals surface area contributed by atoms with Crippen molar-refractivity contribution >= 4 is 35.5 Å². The van der Waals surface area contributed by atoms with E-state index < -0.39 is 18.1 Å². The number of benzene rings is 1. The van der Waals surface area contributed by atoms with E-state index in [4.69, 9.17) is 16.3 Å². The predicted octanol–water partition coefficient (Wildman–Crippen LogP) is 6.64. The van der Waals surface area contributed by atoms with Gasteiger partial charge >= 0.3 is 6.09 Å². The quantitative estimate of drug-likeness (QED) is 0.182. The number of carbonyl (C=O) groups excluding carboxylic acids is 2. The summed E-state index contributed by atoms with van der Waals surface area (Å²) in [4.78, 5) is 33.8. The lowest BCUT2D eigenvalue weighted by atomic mass is 9.76. The molecule has 1 fully saturated rings. The lowest BCUT2D eigenvalue weighted by Crippen LogP contribution is -2.43. The molecule has 1 heterocycles. The summed E-state index contributed by atoms with van der Waals surface area (Å²) in [5.74, 6) is 0.0800. The average Bonchev–Trinajstić information content (AvgIpc) is 3.14. The summed E-state index contributed by atoms with van der Waals surface area (Å²) >= 11 is 6.60. The molecule has 9 nitrogen and oxygen atoms in total. The van der Waals surface area contributed by atoms with Crippen LogP contribution in [0, 0.1) is 5.92 Å². The van der Waals surface area contributed by atoms with E-state index in [1.54, 1.807) is 17.4 Å². The number of amides is 2. The molecule has 1 aromatic rings. The highest BCUT2D eigenvalue weighted by Gasteiger charge is 2.35. The van der Waals surface area contributed by atoms with Gasteiger partial charge in [0.1, 0.15) is 6.10 Å². The van der Waals surface area contributed by atoms with Crippen LogP contribution in [-0.2, 0) is 9.53 Å². The molecular weight excluding hydrogens is 602 g/mol. The SMILES string of the molecule is C=C1C=C(C(NC(=O)C(O)CCCC)/C(C)=C/N=CN(C)C)c2cc(Cl)ccc2C(C2CCN(C(=O)OC(C)C)CC2)C1.C=CN. The van der Waals surface area contributed by atoms with Gasteiger partial charge in [0, 0.05) is 38.4 Å². The van der Waals surface area contributed by atoms with Gasteiger partial charge in [0.05, 0.1) is 18.5 Å². The molecule has 2 amide bonds. The van der Waals surface area contributed by atoms with Crippen molar-refractivity contribution in [2.75, 3.05) is 27.2 Å². The van der Waals surface area contributed by atoms with Gasteiger partial charge in [0.2, 0.25) is 5.91 Å². The number of hydrogen-bond donors (Lipinski definition) is 3. The lowest BCUT2D eigenvalue weighted by Gasteiger charge is -2.36. The van der Waals surface area contributed by atoms with Crippen molar-refractivity contribution in [3.63, 3.8) is 0 Å². The van der Waals surface area contributed by atoms with Gasteiger partial charge in [-0.1, -0.05) is 62.2 Å². The smallest absolute Gasteiger partial charge is 0.410 e. The Morgan fingerprint density at radius 1 is 1.28 bits per heavy atom. The van der Waals surface area contributed by atoms with Crippen LogP contribution in [0.3, 0.4) is 0 Å². The van der Waals surface area contributed by atoms with E-state index in [0.29, 0.717) is 30.5 Å². The maximum atomic E-state index is 13.2. The highest BCUT2D eigenvalue weighted by molar-refractivity contribution is 6.30.